The SMILES string of the molecule is N#CCC(Cl)(Cl)C(Cl)Cl. The zero-order chi connectivity index (χ0) is 7.49. The number of nitriles is 1. The van der Waals surface area contributed by atoms with Crippen molar-refractivity contribution < 1.29 is 0 Å². The molecule has 0 amide bonds. The highest BCUT2D eigenvalue weighted by molar-refractivity contribution is 6.59. The third-order valence-corrected chi connectivity index (χ3v) is 2.53. The molecule has 5 heteroatoms. The van der Waals surface area contributed by atoms with Crippen molar-refractivity contribution in [3.05, 3.63) is 0 Å². The molecule has 0 saturated heterocycles. The lowest BCUT2D eigenvalue weighted by molar-refractivity contribution is 0.861. The van der Waals surface area contributed by atoms with Gasteiger partial charge in [-0.1, -0.05) is 23.2 Å². The Morgan fingerprint density at radius 1 is 1.44 bits per heavy atom. The van der Waals surface area contributed by atoms with Crippen LogP contribution in [0.15, 0.2) is 0 Å². The third-order valence-electron chi connectivity index (χ3n) is 0.634. The van der Waals surface area contributed by atoms with E-state index in [1.54, 1.807) is 6.07 Å². The summed E-state index contributed by atoms with van der Waals surface area (Å²) in [5, 5.41) is 8.11. The molecule has 0 radical (unpaired) electrons. The maximum Gasteiger partial charge on any atom is 0.161 e. The summed E-state index contributed by atoms with van der Waals surface area (Å²) in [7, 11) is 0. The molecular weight excluding hydrogens is 204 g/mol. The first-order valence-corrected chi connectivity index (χ1v) is 3.66. The Bertz CT molecular complexity index is 125. The zero-order valence-electron chi connectivity index (χ0n) is 4.24. The van der Waals surface area contributed by atoms with Gasteiger partial charge in [-0.3, -0.25) is 0 Å². The Balaban J connectivity index is 3.89. The monoisotopic (exact) mass is 205 g/mol. The summed E-state index contributed by atoms with van der Waals surface area (Å²) in [4.78, 5) is -0.930. The second-order valence-corrected chi connectivity index (χ2v) is 4.04. The van der Waals surface area contributed by atoms with Gasteiger partial charge < -0.3 is 0 Å². The van der Waals surface area contributed by atoms with Gasteiger partial charge in [0, 0.05) is 0 Å². The van der Waals surface area contributed by atoms with Crippen LogP contribution in [0.3, 0.4) is 0 Å². The van der Waals surface area contributed by atoms with E-state index < -0.39 is 9.17 Å². The molecule has 0 spiro atoms. The van der Waals surface area contributed by atoms with Crippen LogP contribution < -0.4 is 0 Å². The van der Waals surface area contributed by atoms with E-state index in [0.717, 1.165) is 0 Å². The summed E-state index contributed by atoms with van der Waals surface area (Å²) in [6, 6.07) is 1.76. The van der Waals surface area contributed by atoms with Gasteiger partial charge in [0.25, 0.3) is 0 Å². The van der Waals surface area contributed by atoms with Crippen molar-refractivity contribution in [3.63, 3.8) is 0 Å². The van der Waals surface area contributed by atoms with Crippen molar-refractivity contribution in [3.8, 4) is 6.07 Å². The molecule has 0 heterocycles. The van der Waals surface area contributed by atoms with Crippen LogP contribution in [0, 0.1) is 11.3 Å². The Morgan fingerprint density at radius 3 is 2.00 bits per heavy atom. The van der Waals surface area contributed by atoms with E-state index in [9.17, 15) is 0 Å². The quantitative estimate of drug-likeness (QED) is 0.638. The molecule has 0 aromatic rings. The van der Waals surface area contributed by atoms with Gasteiger partial charge in [0.15, 0.2) is 4.33 Å². The fourth-order valence-electron chi connectivity index (χ4n) is 0.183. The van der Waals surface area contributed by atoms with Gasteiger partial charge in [0.2, 0.25) is 0 Å². The summed E-state index contributed by atoms with van der Waals surface area (Å²) in [5.74, 6) is 0. The molecule has 0 atom stereocenters. The van der Waals surface area contributed by atoms with E-state index in [4.69, 9.17) is 51.7 Å². The third kappa shape index (κ3) is 3.37. The van der Waals surface area contributed by atoms with Gasteiger partial charge >= 0.3 is 0 Å². The van der Waals surface area contributed by atoms with Gasteiger partial charge in [-0.2, -0.15) is 5.26 Å². The summed E-state index contributed by atoms with van der Waals surface area (Å²) in [6.45, 7) is 0. The topological polar surface area (TPSA) is 23.8 Å². The van der Waals surface area contributed by atoms with Crippen molar-refractivity contribution in [2.45, 2.75) is 15.6 Å². The van der Waals surface area contributed by atoms with Gasteiger partial charge in [-0.15, -0.1) is 23.2 Å². The number of hydrogen-bond donors (Lipinski definition) is 0. The minimum atomic E-state index is -1.34. The maximum atomic E-state index is 8.11. The van der Waals surface area contributed by atoms with E-state index in [1.165, 1.54) is 0 Å². The lowest BCUT2D eigenvalue weighted by Crippen LogP contribution is -2.20. The van der Waals surface area contributed by atoms with Gasteiger partial charge in [0.05, 0.1) is 12.5 Å². The smallest absolute Gasteiger partial charge is 0.161 e. The van der Waals surface area contributed by atoms with Crippen molar-refractivity contribution >= 4 is 46.4 Å². The average molecular weight is 207 g/mol. The molecule has 0 aliphatic carbocycles. The standard InChI is InChI=1S/C4H3Cl4N/c5-3(6)4(7,8)1-2-9/h3H,1H2. The molecule has 0 unspecified atom stereocenters. The van der Waals surface area contributed by atoms with Crippen molar-refractivity contribution in [1.82, 2.24) is 0 Å². The second kappa shape index (κ2) is 3.73. The predicted molar refractivity (Wildman–Crippen MR) is 40.2 cm³/mol. The molecule has 0 aromatic heterocycles. The van der Waals surface area contributed by atoms with Crippen molar-refractivity contribution in [1.29, 1.82) is 5.26 Å². The maximum absolute atomic E-state index is 8.11. The molecule has 0 bridgehead atoms. The summed E-state index contributed by atoms with van der Waals surface area (Å²) < 4.78 is -1.34. The molecule has 0 fully saturated rings. The summed E-state index contributed by atoms with van der Waals surface area (Å²) in [5.41, 5.74) is 0. The second-order valence-electron chi connectivity index (χ2n) is 1.40. The van der Waals surface area contributed by atoms with Crippen LogP contribution in [-0.4, -0.2) is 9.17 Å². The summed E-state index contributed by atoms with van der Waals surface area (Å²) in [6.07, 6.45) is -0.0756. The molecule has 1 nitrogen and oxygen atoms in total. The van der Waals surface area contributed by atoms with Gasteiger partial charge in [-0.05, 0) is 0 Å². The van der Waals surface area contributed by atoms with Crippen LogP contribution in [0.2, 0.25) is 0 Å². The highest BCUT2D eigenvalue weighted by Crippen LogP contribution is 2.34. The average Bonchev–Trinajstić information content (AvgIpc) is 1.65. The number of hydrogen-bond acceptors (Lipinski definition) is 1. The lowest BCUT2D eigenvalue weighted by Gasteiger charge is -2.15. The Morgan fingerprint density at radius 2 is 1.89 bits per heavy atom. The minimum Gasteiger partial charge on any atom is -0.198 e. The molecule has 52 valence electrons. The summed E-state index contributed by atoms with van der Waals surface area (Å²) >= 11 is 21.5. The van der Waals surface area contributed by atoms with Gasteiger partial charge in [0.1, 0.15) is 4.84 Å². The molecule has 9 heavy (non-hydrogen) atoms. The first kappa shape index (κ1) is 9.65. The normalized spacial score (nSPS) is 11.6. The number of nitrogens with zero attached hydrogens (tertiary/aromatic N) is 1. The van der Waals surface area contributed by atoms with Crippen LogP contribution in [0.4, 0.5) is 0 Å². The number of alkyl halides is 4. The molecule has 0 rings (SSSR count). The fraction of sp³-hybridized carbons (Fsp3) is 0.750. The highest BCUT2D eigenvalue weighted by atomic mass is 35.5. The molecule has 0 aliphatic rings. The molecular formula is C4H3Cl4N. The lowest BCUT2D eigenvalue weighted by atomic mass is 10.3. The van der Waals surface area contributed by atoms with Crippen LogP contribution in [0.25, 0.3) is 0 Å². The molecule has 0 saturated carbocycles. The van der Waals surface area contributed by atoms with E-state index >= 15 is 0 Å². The minimum absolute atomic E-state index is 0.0756. The Hall–Kier alpha value is 0.650. The van der Waals surface area contributed by atoms with Gasteiger partial charge in [-0.25, -0.2) is 0 Å². The molecule has 0 aromatic carbocycles. The Kier molecular flexibility index (Phi) is 4.00. The van der Waals surface area contributed by atoms with E-state index in [-0.39, 0.29) is 6.42 Å². The molecule has 0 aliphatic heterocycles. The Labute approximate surface area is 73.4 Å². The highest BCUT2D eigenvalue weighted by Gasteiger charge is 2.31. The van der Waals surface area contributed by atoms with Crippen LogP contribution in [0.1, 0.15) is 6.42 Å². The number of halogens is 4. The van der Waals surface area contributed by atoms with E-state index in [2.05, 4.69) is 0 Å². The largest absolute Gasteiger partial charge is 0.198 e. The molecule has 0 N–H and O–H groups in total. The fourth-order valence-corrected chi connectivity index (χ4v) is 0.456. The first-order valence-electron chi connectivity index (χ1n) is 2.03. The number of rotatable bonds is 2. The van der Waals surface area contributed by atoms with E-state index in [1.807, 2.05) is 0 Å². The van der Waals surface area contributed by atoms with Crippen LogP contribution >= 0.6 is 46.4 Å². The predicted octanol–water partition coefficient (Wildman–Crippen LogP) is 2.88. The van der Waals surface area contributed by atoms with Crippen molar-refractivity contribution in [2.24, 2.45) is 0 Å². The zero-order valence-corrected chi connectivity index (χ0v) is 7.27. The van der Waals surface area contributed by atoms with Crippen LogP contribution in [0.5, 0.6) is 0 Å². The van der Waals surface area contributed by atoms with Crippen molar-refractivity contribution in [2.75, 3.05) is 0 Å². The van der Waals surface area contributed by atoms with Crippen LogP contribution in [-0.2, 0) is 0 Å². The van der Waals surface area contributed by atoms with E-state index in [0.29, 0.717) is 0 Å². The first-order chi connectivity index (χ1) is 4.00.